The maximum Gasteiger partial charge on any atom is 0.223 e. The average Bonchev–Trinajstić information content (AvgIpc) is 2.52. The second kappa shape index (κ2) is 5.36. The molecule has 0 aromatic carbocycles. The van der Waals surface area contributed by atoms with Gasteiger partial charge in [0.25, 0.3) is 0 Å². The quantitative estimate of drug-likeness (QED) is 0.786. The minimum absolute atomic E-state index is 0.201. The van der Waals surface area contributed by atoms with Crippen LogP contribution in [0.3, 0.4) is 0 Å². The zero-order chi connectivity index (χ0) is 12.4. The molecule has 2 atom stereocenters. The van der Waals surface area contributed by atoms with Gasteiger partial charge in [0.2, 0.25) is 5.91 Å². The van der Waals surface area contributed by atoms with E-state index >= 15 is 0 Å². The Morgan fingerprint density at radius 3 is 2.65 bits per heavy atom. The molecule has 2 rings (SSSR count). The molecule has 1 saturated carbocycles. The van der Waals surface area contributed by atoms with Gasteiger partial charge in [0, 0.05) is 25.6 Å². The van der Waals surface area contributed by atoms with E-state index in [0.29, 0.717) is 18.9 Å². The number of rotatable bonds is 4. The lowest BCUT2D eigenvalue weighted by atomic mass is 9.82. The van der Waals surface area contributed by atoms with E-state index in [0.717, 1.165) is 13.0 Å². The summed E-state index contributed by atoms with van der Waals surface area (Å²) in [6.45, 7) is 1.39. The zero-order valence-electron chi connectivity index (χ0n) is 10.9. The number of aliphatic hydroxyl groups excluding tert-OH is 1. The number of carbonyl (C=O) groups is 1. The van der Waals surface area contributed by atoms with Gasteiger partial charge < -0.3 is 14.9 Å². The number of hydrogen-bond donors (Lipinski definition) is 1. The van der Waals surface area contributed by atoms with Crippen LogP contribution in [0.4, 0.5) is 0 Å². The Kier molecular flexibility index (Phi) is 4.05. The molecular weight excluding hydrogens is 216 g/mol. The van der Waals surface area contributed by atoms with Gasteiger partial charge in [-0.2, -0.15) is 0 Å². The molecule has 2 fully saturated rings. The first kappa shape index (κ1) is 12.8. The van der Waals surface area contributed by atoms with Crippen molar-refractivity contribution in [3.05, 3.63) is 0 Å². The van der Waals surface area contributed by atoms with Gasteiger partial charge in [-0.15, -0.1) is 0 Å². The van der Waals surface area contributed by atoms with E-state index in [4.69, 9.17) is 0 Å². The lowest BCUT2D eigenvalue weighted by Crippen LogP contribution is -2.42. The highest BCUT2D eigenvalue weighted by Crippen LogP contribution is 2.31. The minimum Gasteiger partial charge on any atom is -0.391 e. The van der Waals surface area contributed by atoms with Crippen LogP contribution in [-0.2, 0) is 4.79 Å². The predicted octanol–water partition coefficient (Wildman–Crippen LogP) is 0.700. The van der Waals surface area contributed by atoms with Gasteiger partial charge in [0.15, 0.2) is 0 Å². The first-order chi connectivity index (χ1) is 8.06. The van der Waals surface area contributed by atoms with Crippen molar-refractivity contribution >= 4 is 5.91 Å². The van der Waals surface area contributed by atoms with Crippen molar-refractivity contribution < 1.29 is 9.90 Å². The normalized spacial score (nSPS) is 29.8. The van der Waals surface area contributed by atoms with E-state index in [1.54, 1.807) is 0 Å². The maximum absolute atomic E-state index is 12.2. The smallest absolute Gasteiger partial charge is 0.223 e. The van der Waals surface area contributed by atoms with Crippen molar-refractivity contribution in [2.24, 2.45) is 5.92 Å². The summed E-state index contributed by atoms with van der Waals surface area (Å²) in [6.07, 6.45) is 4.79. The number of likely N-dealkylation sites (N-methyl/N-ethyl adjacent to an activating group) is 1. The average molecular weight is 240 g/mol. The monoisotopic (exact) mass is 240 g/mol. The summed E-state index contributed by atoms with van der Waals surface area (Å²) in [7, 11) is 4.03. The Hall–Kier alpha value is -0.610. The summed E-state index contributed by atoms with van der Waals surface area (Å²) >= 11 is 0. The van der Waals surface area contributed by atoms with E-state index < -0.39 is 0 Å². The molecule has 4 nitrogen and oxygen atoms in total. The Morgan fingerprint density at radius 2 is 2.12 bits per heavy atom. The van der Waals surface area contributed by atoms with Gasteiger partial charge in [-0.1, -0.05) is 6.42 Å². The van der Waals surface area contributed by atoms with Crippen LogP contribution in [-0.4, -0.2) is 60.1 Å². The van der Waals surface area contributed by atoms with Crippen molar-refractivity contribution in [3.63, 3.8) is 0 Å². The van der Waals surface area contributed by atoms with Gasteiger partial charge >= 0.3 is 0 Å². The second-order valence-electron chi connectivity index (χ2n) is 5.85. The highest BCUT2D eigenvalue weighted by atomic mass is 16.3. The standard InChI is InChI=1S/C13H24N2O2/c1-14(2)8-11-7-12(16)9-15(11)13(17)6-10-4-3-5-10/h10-12,16H,3-9H2,1-2H3. The van der Waals surface area contributed by atoms with Crippen LogP contribution < -0.4 is 0 Å². The molecule has 1 saturated heterocycles. The minimum atomic E-state index is -0.328. The van der Waals surface area contributed by atoms with Crippen LogP contribution in [0, 0.1) is 5.92 Å². The van der Waals surface area contributed by atoms with Crippen molar-refractivity contribution in [2.75, 3.05) is 27.2 Å². The number of aliphatic hydroxyl groups is 1. The molecule has 0 radical (unpaired) electrons. The Balaban J connectivity index is 1.89. The Bertz CT molecular complexity index is 277. The number of hydrogen-bond acceptors (Lipinski definition) is 3. The third-order valence-electron chi connectivity index (χ3n) is 3.98. The summed E-state index contributed by atoms with van der Waals surface area (Å²) in [4.78, 5) is 16.2. The van der Waals surface area contributed by atoms with E-state index in [1.165, 1.54) is 19.3 Å². The molecule has 0 bridgehead atoms. The highest BCUT2D eigenvalue weighted by molar-refractivity contribution is 5.77. The van der Waals surface area contributed by atoms with E-state index in [9.17, 15) is 9.90 Å². The third kappa shape index (κ3) is 3.19. The lowest BCUT2D eigenvalue weighted by molar-refractivity contribution is -0.134. The van der Waals surface area contributed by atoms with Crippen LogP contribution >= 0.6 is 0 Å². The molecule has 1 aliphatic carbocycles. The molecule has 2 unspecified atom stereocenters. The van der Waals surface area contributed by atoms with Crippen LogP contribution in [0.5, 0.6) is 0 Å². The molecule has 17 heavy (non-hydrogen) atoms. The van der Waals surface area contributed by atoms with E-state index in [2.05, 4.69) is 4.90 Å². The van der Waals surface area contributed by atoms with Crippen LogP contribution in [0.2, 0.25) is 0 Å². The molecule has 1 N–H and O–H groups in total. The van der Waals surface area contributed by atoms with Crippen molar-refractivity contribution in [3.8, 4) is 0 Å². The number of amides is 1. The fourth-order valence-corrected chi connectivity index (χ4v) is 2.85. The fraction of sp³-hybridized carbons (Fsp3) is 0.923. The third-order valence-corrected chi connectivity index (χ3v) is 3.98. The van der Waals surface area contributed by atoms with Gasteiger partial charge in [0.1, 0.15) is 0 Å². The topological polar surface area (TPSA) is 43.8 Å². The molecule has 1 amide bonds. The molecule has 0 spiro atoms. The molecule has 1 heterocycles. The van der Waals surface area contributed by atoms with Gasteiger partial charge in [-0.05, 0) is 39.3 Å². The fourth-order valence-electron chi connectivity index (χ4n) is 2.85. The Labute approximate surface area is 104 Å². The van der Waals surface area contributed by atoms with Gasteiger partial charge in [-0.25, -0.2) is 0 Å². The molecule has 1 aliphatic heterocycles. The van der Waals surface area contributed by atoms with E-state index in [-0.39, 0.29) is 18.1 Å². The van der Waals surface area contributed by atoms with Gasteiger partial charge in [-0.3, -0.25) is 4.79 Å². The first-order valence-corrected chi connectivity index (χ1v) is 6.68. The summed E-state index contributed by atoms with van der Waals surface area (Å²) in [5.74, 6) is 0.860. The lowest BCUT2D eigenvalue weighted by Gasteiger charge is -2.31. The number of likely N-dealkylation sites (tertiary alicyclic amines) is 1. The number of carbonyl (C=O) groups excluding carboxylic acids is 1. The number of nitrogens with zero attached hydrogens (tertiary/aromatic N) is 2. The van der Waals surface area contributed by atoms with E-state index in [1.807, 2.05) is 19.0 Å². The molecule has 0 aromatic heterocycles. The Morgan fingerprint density at radius 1 is 1.41 bits per heavy atom. The summed E-state index contributed by atoms with van der Waals surface area (Å²) < 4.78 is 0. The summed E-state index contributed by atoms with van der Waals surface area (Å²) in [5.41, 5.74) is 0. The predicted molar refractivity (Wildman–Crippen MR) is 66.6 cm³/mol. The SMILES string of the molecule is CN(C)CC1CC(O)CN1C(=O)CC1CCC1. The first-order valence-electron chi connectivity index (χ1n) is 6.68. The second-order valence-corrected chi connectivity index (χ2v) is 5.85. The molecule has 2 aliphatic rings. The maximum atomic E-state index is 12.2. The largest absolute Gasteiger partial charge is 0.391 e. The van der Waals surface area contributed by atoms with Crippen molar-refractivity contribution in [1.29, 1.82) is 0 Å². The number of β-amino-alcohol motifs (C(OH)–C–C–N with tert-alkyl or cyclic N) is 1. The van der Waals surface area contributed by atoms with Crippen LogP contribution in [0.25, 0.3) is 0 Å². The van der Waals surface area contributed by atoms with Crippen LogP contribution in [0.1, 0.15) is 32.1 Å². The molecule has 0 aromatic rings. The van der Waals surface area contributed by atoms with Crippen LogP contribution in [0.15, 0.2) is 0 Å². The molecular formula is C13H24N2O2. The highest BCUT2D eigenvalue weighted by Gasteiger charge is 2.35. The summed E-state index contributed by atoms with van der Waals surface area (Å²) in [6, 6.07) is 0.201. The molecule has 98 valence electrons. The van der Waals surface area contributed by atoms with Crippen molar-refractivity contribution in [1.82, 2.24) is 9.80 Å². The molecule has 4 heteroatoms. The summed E-state index contributed by atoms with van der Waals surface area (Å²) in [5, 5.41) is 9.72. The van der Waals surface area contributed by atoms with Gasteiger partial charge in [0.05, 0.1) is 6.10 Å². The van der Waals surface area contributed by atoms with Crippen molar-refractivity contribution in [2.45, 2.75) is 44.2 Å². The zero-order valence-corrected chi connectivity index (χ0v) is 10.9.